The Morgan fingerprint density at radius 1 is 1.07 bits per heavy atom. The minimum Gasteiger partial charge on any atom is -0.410 e. The maximum Gasteiger partial charge on any atom is 0.412 e. The van der Waals surface area contributed by atoms with Crippen molar-refractivity contribution in [2.45, 2.75) is 60.5 Å². The standard InChI is InChI=1S/C23H27N3O2S/c1-3-24-23(27)28-18-10-11-20-22(14-18)29-21-7-5-4-6-19(21)26(20)17-12-15-8-9-16(13-17)25(15)2/h4-7,10-11,14-17H,3,8-9,12-13H2,1-2H3,(H,24,27). The highest BCUT2D eigenvalue weighted by molar-refractivity contribution is 7.99. The van der Waals surface area contributed by atoms with E-state index in [1.807, 2.05) is 19.1 Å². The van der Waals surface area contributed by atoms with Gasteiger partial charge in [-0.3, -0.25) is 0 Å². The fourth-order valence-corrected chi connectivity index (χ4v) is 6.20. The molecule has 3 heterocycles. The zero-order valence-electron chi connectivity index (χ0n) is 16.9. The molecule has 0 radical (unpaired) electrons. The summed E-state index contributed by atoms with van der Waals surface area (Å²) in [6.07, 6.45) is 4.62. The second-order valence-corrected chi connectivity index (χ2v) is 9.25. The van der Waals surface area contributed by atoms with Gasteiger partial charge in [-0.2, -0.15) is 0 Å². The summed E-state index contributed by atoms with van der Waals surface area (Å²) in [5, 5.41) is 2.69. The molecule has 5 nitrogen and oxygen atoms in total. The molecule has 0 aromatic heterocycles. The summed E-state index contributed by atoms with van der Waals surface area (Å²) in [6, 6.07) is 16.6. The van der Waals surface area contributed by atoms with Gasteiger partial charge in [-0.25, -0.2) is 4.79 Å². The second-order valence-electron chi connectivity index (χ2n) is 8.16. The summed E-state index contributed by atoms with van der Waals surface area (Å²) >= 11 is 1.76. The van der Waals surface area contributed by atoms with Crippen molar-refractivity contribution in [3.8, 4) is 5.75 Å². The number of piperidine rings is 1. The number of carbonyl (C=O) groups is 1. The van der Waals surface area contributed by atoms with Crippen molar-refractivity contribution < 1.29 is 9.53 Å². The number of benzene rings is 2. The highest BCUT2D eigenvalue weighted by Crippen LogP contribution is 2.52. The van der Waals surface area contributed by atoms with Crippen molar-refractivity contribution in [3.63, 3.8) is 0 Å². The Kier molecular flexibility index (Phi) is 4.92. The molecule has 0 saturated carbocycles. The fraction of sp³-hybridized carbons (Fsp3) is 0.435. The number of para-hydroxylation sites is 1. The number of hydrogen-bond acceptors (Lipinski definition) is 5. The molecule has 3 aliphatic heterocycles. The topological polar surface area (TPSA) is 44.8 Å². The largest absolute Gasteiger partial charge is 0.412 e. The first-order valence-corrected chi connectivity index (χ1v) is 11.3. The highest BCUT2D eigenvalue weighted by atomic mass is 32.2. The first kappa shape index (κ1) is 18.8. The van der Waals surface area contributed by atoms with Gasteiger partial charge in [0, 0.05) is 34.5 Å². The Balaban J connectivity index is 1.50. The van der Waals surface area contributed by atoms with Gasteiger partial charge < -0.3 is 19.9 Å². The van der Waals surface area contributed by atoms with Crippen LogP contribution in [0.15, 0.2) is 52.3 Å². The van der Waals surface area contributed by atoms with Crippen LogP contribution in [0.5, 0.6) is 5.75 Å². The molecule has 1 amide bonds. The van der Waals surface area contributed by atoms with E-state index in [0.717, 1.165) is 4.90 Å². The average Bonchev–Trinajstić information content (AvgIpc) is 2.92. The van der Waals surface area contributed by atoms with E-state index in [-0.39, 0.29) is 0 Å². The molecule has 2 saturated heterocycles. The molecule has 2 aromatic rings. The maximum atomic E-state index is 11.8. The summed E-state index contributed by atoms with van der Waals surface area (Å²) in [4.78, 5) is 19.4. The number of hydrogen-bond donors (Lipinski definition) is 1. The Morgan fingerprint density at radius 2 is 1.79 bits per heavy atom. The number of ether oxygens (including phenoxy) is 1. The van der Waals surface area contributed by atoms with E-state index in [9.17, 15) is 4.79 Å². The molecule has 0 spiro atoms. The van der Waals surface area contributed by atoms with Crippen LogP contribution >= 0.6 is 11.8 Å². The summed E-state index contributed by atoms with van der Waals surface area (Å²) in [6.45, 7) is 2.44. The van der Waals surface area contributed by atoms with Gasteiger partial charge in [-0.1, -0.05) is 23.9 Å². The molecular weight excluding hydrogens is 382 g/mol. The van der Waals surface area contributed by atoms with E-state index in [1.165, 1.54) is 42.0 Å². The van der Waals surface area contributed by atoms with Crippen LogP contribution in [0, 0.1) is 0 Å². The Bertz CT molecular complexity index is 920. The van der Waals surface area contributed by atoms with Crippen LogP contribution < -0.4 is 15.0 Å². The van der Waals surface area contributed by atoms with Crippen LogP contribution in [0.3, 0.4) is 0 Å². The fourth-order valence-electron chi connectivity index (χ4n) is 5.10. The molecule has 152 valence electrons. The zero-order valence-corrected chi connectivity index (χ0v) is 17.7. The summed E-state index contributed by atoms with van der Waals surface area (Å²) < 4.78 is 5.46. The minimum absolute atomic E-state index is 0.405. The van der Waals surface area contributed by atoms with Crippen LogP contribution in [0.25, 0.3) is 0 Å². The zero-order chi connectivity index (χ0) is 20.0. The maximum absolute atomic E-state index is 11.8. The predicted molar refractivity (Wildman–Crippen MR) is 116 cm³/mol. The number of amides is 1. The summed E-state index contributed by atoms with van der Waals surface area (Å²) in [7, 11) is 2.29. The molecule has 2 fully saturated rings. The van der Waals surface area contributed by atoms with Crippen LogP contribution in [0.2, 0.25) is 0 Å². The van der Waals surface area contributed by atoms with E-state index in [4.69, 9.17) is 4.74 Å². The molecule has 29 heavy (non-hydrogen) atoms. The Hall–Kier alpha value is -2.18. The average molecular weight is 410 g/mol. The van der Waals surface area contributed by atoms with E-state index < -0.39 is 6.09 Å². The minimum atomic E-state index is -0.405. The molecule has 2 bridgehead atoms. The van der Waals surface area contributed by atoms with Gasteiger partial charge in [0.25, 0.3) is 0 Å². The lowest BCUT2D eigenvalue weighted by Gasteiger charge is -2.45. The molecule has 2 unspecified atom stereocenters. The van der Waals surface area contributed by atoms with Crippen molar-refractivity contribution >= 4 is 29.2 Å². The number of fused-ring (bicyclic) bond motifs is 4. The lowest BCUT2D eigenvalue weighted by Crippen LogP contribution is -2.48. The SMILES string of the molecule is CCNC(=O)Oc1ccc2c(c1)Sc1ccccc1N2C1CC2CCC(C1)N2C. The van der Waals surface area contributed by atoms with Crippen LogP contribution in [0.4, 0.5) is 16.2 Å². The molecule has 2 aromatic carbocycles. The highest BCUT2D eigenvalue weighted by Gasteiger charge is 2.42. The van der Waals surface area contributed by atoms with Gasteiger partial charge in [-0.05, 0) is 70.0 Å². The third-order valence-electron chi connectivity index (χ3n) is 6.51. The van der Waals surface area contributed by atoms with E-state index in [1.54, 1.807) is 11.8 Å². The Morgan fingerprint density at radius 3 is 2.55 bits per heavy atom. The number of nitrogens with one attached hydrogen (secondary N) is 1. The van der Waals surface area contributed by atoms with Crippen LogP contribution in [0.1, 0.15) is 32.6 Å². The van der Waals surface area contributed by atoms with Crippen molar-refractivity contribution in [1.29, 1.82) is 0 Å². The second kappa shape index (κ2) is 7.58. The molecular formula is C23H27N3O2S. The smallest absolute Gasteiger partial charge is 0.410 e. The molecule has 2 atom stereocenters. The van der Waals surface area contributed by atoms with Crippen molar-refractivity contribution in [1.82, 2.24) is 10.2 Å². The van der Waals surface area contributed by atoms with E-state index in [0.29, 0.717) is 30.4 Å². The molecule has 1 N–H and O–H groups in total. The summed E-state index contributed by atoms with van der Waals surface area (Å²) in [5.41, 5.74) is 2.53. The monoisotopic (exact) mass is 409 g/mol. The summed E-state index contributed by atoms with van der Waals surface area (Å²) in [5.74, 6) is 0.588. The van der Waals surface area contributed by atoms with Gasteiger partial charge >= 0.3 is 6.09 Å². The van der Waals surface area contributed by atoms with Gasteiger partial charge in [0.1, 0.15) is 5.75 Å². The number of carbonyl (C=O) groups excluding carboxylic acids is 1. The van der Waals surface area contributed by atoms with Crippen molar-refractivity contribution in [2.24, 2.45) is 0 Å². The van der Waals surface area contributed by atoms with E-state index >= 15 is 0 Å². The first-order chi connectivity index (χ1) is 14.1. The predicted octanol–water partition coefficient (Wildman–Crippen LogP) is 5.02. The van der Waals surface area contributed by atoms with Crippen LogP contribution in [-0.4, -0.2) is 42.7 Å². The normalized spacial score (nSPS) is 25.3. The molecule has 3 aliphatic rings. The third-order valence-corrected chi connectivity index (χ3v) is 7.62. The lowest BCUT2D eigenvalue weighted by molar-refractivity contribution is 0.162. The van der Waals surface area contributed by atoms with Gasteiger partial charge in [0.15, 0.2) is 0 Å². The van der Waals surface area contributed by atoms with Gasteiger partial charge in [0.2, 0.25) is 0 Å². The Labute approximate surface area is 176 Å². The molecule has 6 heteroatoms. The molecule has 0 aliphatic carbocycles. The van der Waals surface area contributed by atoms with Gasteiger partial charge in [-0.15, -0.1) is 0 Å². The van der Waals surface area contributed by atoms with Gasteiger partial charge in [0.05, 0.1) is 11.4 Å². The van der Waals surface area contributed by atoms with Crippen molar-refractivity contribution in [2.75, 3.05) is 18.5 Å². The van der Waals surface area contributed by atoms with Crippen molar-refractivity contribution in [3.05, 3.63) is 42.5 Å². The number of nitrogens with zero attached hydrogens (tertiary/aromatic N) is 2. The first-order valence-electron chi connectivity index (χ1n) is 10.5. The lowest BCUT2D eigenvalue weighted by atomic mass is 9.95. The number of rotatable bonds is 3. The van der Waals surface area contributed by atoms with Crippen LogP contribution in [-0.2, 0) is 0 Å². The number of anilines is 2. The van der Waals surface area contributed by atoms with E-state index in [2.05, 4.69) is 52.5 Å². The molecule has 5 rings (SSSR count). The quantitative estimate of drug-likeness (QED) is 0.771. The third kappa shape index (κ3) is 3.38.